The molecule has 4 nitrogen and oxygen atoms in total. The van der Waals surface area contributed by atoms with Gasteiger partial charge in [0.15, 0.2) is 17.5 Å². The molecule has 0 amide bonds. The topological polar surface area (TPSA) is 51.8 Å². The fourth-order valence-electron chi connectivity index (χ4n) is 8.25. The SMILES string of the molecule is Clc1cc2oc3cccc(-c4nc(-c5ccccc5)nc(-c5ccc(-c6cccc7ccccc67)cc5)n4)c3c2cc1-c1cc(-c2ccccc2)cc(-c2ccccc2)c1. The zero-order valence-corrected chi connectivity index (χ0v) is 33.0. The molecule has 0 N–H and O–H groups in total. The van der Waals surface area contributed by atoms with Crippen molar-refractivity contribution in [3.63, 3.8) is 0 Å². The van der Waals surface area contributed by atoms with Crippen LogP contribution in [0.25, 0.3) is 111 Å². The lowest BCUT2D eigenvalue weighted by Crippen LogP contribution is -2.00. The monoisotopic (exact) mass is 787 g/mol. The summed E-state index contributed by atoms with van der Waals surface area (Å²) in [6.07, 6.45) is 0. The maximum atomic E-state index is 7.18. The van der Waals surface area contributed by atoms with Crippen molar-refractivity contribution in [2.45, 2.75) is 0 Å². The highest BCUT2D eigenvalue weighted by molar-refractivity contribution is 6.34. The first-order valence-electron chi connectivity index (χ1n) is 19.9. The Morgan fingerprint density at radius 1 is 0.317 bits per heavy atom. The molecule has 282 valence electrons. The van der Waals surface area contributed by atoms with Gasteiger partial charge in [-0.3, -0.25) is 0 Å². The Balaban J connectivity index is 1.07. The van der Waals surface area contributed by atoms with Crippen molar-refractivity contribution in [1.82, 2.24) is 15.0 Å². The molecule has 60 heavy (non-hydrogen) atoms. The second kappa shape index (κ2) is 14.9. The van der Waals surface area contributed by atoms with Crippen molar-refractivity contribution < 1.29 is 4.42 Å². The summed E-state index contributed by atoms with van der Waals surface area (Å²) < 4.78 is 6.53. The Labute approximate surface area is 352 Å². The molecule has 2 aromatic heterocycles. The van der Waals surface area contributed by atoms with Gasteiger partial charge in [-0.2, -0.15) is 0 Å². The number of fused-ring (bicyclic) bond motifs is 4. The molecule has 0 fully saturated rings. The van der Waals surface area contributed by atoms with E-state index in [2.05, 4.69) is 146 Å². The minimum atomic E-state index is 0.555. The molecule has 0 saturated heterocycles. The highest BCUT2D eigenvalue weighted by Gasteiger charge is 2.20. The largest absolute Gasteiger partial charge is 0.456 e. The van der Waals surface area contributed by atoms with Crippen molar-refractivity contribution in [3.8, 4) is 78.7 Å². The van der Waals surface area contributed by atoms with Gasteiger partial charge < -0.3 is 4.42 Å². The molecule has 0 spiro atoms. The van der Waals surface area contributed by atoms with Gasteiger partial charge in [0.2, 0.25) is 0 Å². The van der Waals surface area contributed by atoms with Crippen LogP contribution in [0.5, 0.6) is 0 Å². The van der Waals surface area contributed by atoms with Crippen LogP contribution in [0.2, 0.25) is 5.02 Å². The van der Waals surface area contributed by atoms with E-state index in [1.54, 1.807) is 0 Å². The molecule has 0 radical (unpaired) electrons. The van der Waals surface area contributed by atoms with Crippen LogP contribution in [-0.4, -0.2) is 15.0 Å². The predicted molar refractivity (Wildman–Crippen MR) is 248 cm³/mol. The average molecular weight is 788 g/mol. The minimum absolute atomic E-state index is 0.555. The number of halogens is 1. The number of furan rings is 1. The first-order valence-corrected chi connectivity index (χ1v) is 20.3. The van der Waals surface area contributed by atoms with E-state index in [-0.39, 0.29) is 0 Å². The van der Waals surface area contributed by atoms with Gasteiger partial charge in [0, 0.05) is 39.1 Å². The standard InChI is InChI=1S/C55H34ClN3O/c56-49-34-51-48(33-47(49)43-31-41(35-14-4-1-5-15-35)30-42(32-43)36-16-6-2-7-17-36)52-46(24-13-25-50(52)60-51)55-58-53(39-19-8-3-9-20-39)57-54(59-55)40-28-26-38(27-29-40)45-23-12-21-37-18-10-11-22-44(37)45/h1-34H. The van der Waals surface area contributed by atoms with Crippen molar-refractivity contribution in [1.29, 1.82) is 0 Å². The third-order valence-corrected chi connectivity index (χ3v) is 11.5. The van der Waals surface area contributed by atoms with Gasteiger partial charge in [0.05, 0.1) is 5.02 Å². The second-order valence-electron chi connectivity index (χ2n) is 14.9. The van der Waals surface area contributed by atoms with E-state index >= 15 is 0 Å². The normalized spacial score (nSPS) is 11.4. The second-order valence-corrected chi connectivity index (χ2v) is 15.3. The number of nitrogens with zero attached hydrogens (tertiary/aromatic N) is 3. The summed E-state index contributed by atoms with van der Waals surface area (Å²) in [6.45, 7) is 0. The van der Waals surface area contributed by atoms with Gasteiger partial charge in [0.25, 0.3) is 0 Å². The van der Waals surface area contributed by atoms with Gasteiger partial charge in [-0.05, 0) is 80.0 Å². The van der Waals surface area contributed by atoms with Gasteiger partial charge in [0.1, 0.15) is 11.2 Å². The number of benzene rings is 9. The van der Waals surface area contributed by atoms with Crippen molar-refractivity contribution >= 4 is 44.3 Å². The summed E-state index contributed by atoms with van der Waals surface area (Å²) in [7, 11) is 0. The van der Waals surface area contributed by atoms with Crippen molar-refractivity contribution in [2.24, 2.45) is 0 Å². The van der Waals surface area contributed by atoms with Gasteiger partial charge >= 0.3 is 0 Å². The molecule has 0 unspecified atom stereocenters. The van der Waals surface area contributed by atoms with Crippen LogP contribution in [0.1, 0.15) is 0 Å². The lowest BCUT2D eigenvalue weighted by atomic mass is 9.92. The Morgan fingerprint density at radius 2 is 0.833 bits per heavy atom. The lowest BCUT2D eigenvalue weighted by molar-refractivity contribution is 0.669. The molecule has 11 rings (SSSR count). The quantitative estimate of drug-likeness (QED) is 0.161. The molecule has 9 aromatic carbocycles. The highest BCUT2D eigenvalue weighted by atomic mass is 35.5. The number of hydrogen-bond donors (Lipinski definition) is 0. The predicted octanol–water partition coefficient (Wildman–Crippen LogP) is 15.2. The Bertz CT molecular complexity index is 3300. The Kier molecular flexibility index (Phi) is 8.84. The number of hydrogen-bond acceptors (Lipinski definition) is 4. The van der Waals surface area contributed by atoms with Crippen LogP contribution in [0, 0.1) is 0 Å². The fraction of sp³-hybridized carbons (Fsp3) is 0. The van der Waals surface area contributed by atoms with E-state index in [4.69, 9.17) is 31.0 Å². The molecular weight excluding hydrogens is 754 g/mol. The molecule has 0 atom stereocenters. The maximum absolute atomic E-state index is 7.18. The van der Waals surface area contributed by atoms with Gasteiger partial charge in [-0.15, -0.1) is 0 Å². The molecule has 0 aliphatic heterocycles. The number of rotatable bonds is 7. The molecule has 11 aromatic rings. The fourth-order valence-corrected chi connectivity index (χ4v) is 8.51. The smallest absolute Gasteiger partial charge is 0.164 e. The van der Waals surface area contributed by atoms with E-state index in [0.29, 0.717) is 28.1 Å². The molecule has 2 heterocycles. The molecule has 0 bridgehead atoms. The maximum Gasteiger partial charge on any atom is 0.164 e. The van der Waals surface area contributed by atoms with Crippen LogP contribution in [-0.2, 0) is 0 Å². The van der Waals surface area contributed by atoms with E-state index in [1.807, 2.05) is 60.7 Å². The summed E-state index contributed by atoms with van der Waals surface area (Å²) in [5, 5.41) is 4.87. The molecule has 0 aliphatic rings. The summed E-state index contributed by atoms with van der Waals surface area (Å²) in [5.41, 5.74) is 12.8. The summed E-state index contributed by atoms with van der Waals surface area (Å²) in [4.78, 5) is 15.4. The van der Waals surface area contributed by atoms with E-state index in [9.17, 15) is 0 Å². The zero-order valence-electron chi connectivity index (χ0n) is 32.3. The van der Waals surface area contributed by atoms with Crippen molar-refractivity contribution in [3.05, 3.63) is 211 Å². The third-order valence-electron chi connectivity index (χ3n) is 11.2. The van der Waals surface area contributed by atoms with Gasteiger partial charge in [-0.25, -0.2) is 15.0 Å². The third kappa shape index (κ3) is 6.50. The zero-order chi connectivity index (χ0) is 40.0. The summed E-state index contributed by atoms with van der Waals surface area (Å²) in [6, 6.07) is 71.2. The molecular formula is C55H34ClN3O. The minimum Gasteiger partial charge on any atom is -0.456 e. The van der Waals surface area contributed by atoms with Crippen LogP contribution in [0.4, 0.5) is 0 Å². The van der Waals surface area contributed by atoms with Crippen LogP contribution in [0.15, 0.2) is 211 Å². The molecule has 0 saturated carbocycles. The lowest BCUT2D eigenvalue weighted by Gasteiger charge is -2.13. The van der Waals surface area contributed by atoms with Gasteiger partial charge in [-0.1, -0.05) is 181 Å². The Morgan fingerprint density at radius 3 is 1.52 bits per heavy atom. The first-order chi connectivity index (χ1) is 29.6. The van der Waals surface area contributed by atoms with E-state index in [0.717, 1.165) is 72.0 Å². The van der Waals surface area contributed by atoms with Crippen LogP contribution < -0.4 is 0 Å². The molecule has 5 heteroatoms. The first kappa shape index (κ1) is 35.5. The van der Waals surface area contributed by atoms with E-state index < -0.39 is 0 Å². The summed E-state index contributed by atoms with van der Waals surface area (Å²) in [5.74, 6) is 1.73. The number of aromatic nitrogens is 3. The summed E-state index contributed by atoms with van der Waals surface area (Å²) >= 11 is 7.18. The van der Waals surface area contributed by atoms with Crippen LogP contribution >= 0.6 is 11.6 Å². The van der Waals surface area contributed by atoms with Crippen molar-refractivity contribution in [2.75, 3.05) is 0 Å². The Hall–Kier alpha value is -7.66. The highest BCUT2D eigenvalue weighted by Crippen LogP contribution is 2.43. The van der Waals surface area contributed by atoms with E-state index in [1.165, 1.54) is 16.3 Å². The van der Waals surface area contributed by atoms with Crippen LogP contribution in [0.3, 0.4) is 0 Å². The average Bonchev–Trinajstić information content (AvgIpc) is 3.69. The molecule has 0 aliphatic carbocycles.